The van der Waals surface area contributed by atoms with E-state index >= 15 is 0 Å². The molecule has 0 aromatic heterocycles. The number of nitrogens with zero attached hydrogens (tertiary/aromatic N) is 1. The van der Waals surface area contributed by atoms with Crippen LogP contribution in [-0.2, 0) is 4.74 Å². The summed E-state index contributed by atoms with van der Waals surface area (Å²) in [6.07, 6.45) is 2.55. The molecule has 1 saturated heterocycles. The van der Waals surface area contributed by atoms with Gasteiger partial charge in [0, 0.05) is 19.1 Å². The van der Waals surface area contributed by atoms with Gasteiger partial charge < -0.3 is 10.5 Å². The normalized spacial score (nSPS) is 36.8. The maximum absolute atomic E-state index is 5.74. The minimum Gasteiger partial charge on any atom is -0.379 e. The van der Waals surface area contributed by atoms with E-state index in [2.05, 4.69) is 4.90 Å². The molecule has 12 heavy (non-hydrogen) atoms. The Morgan fingerprint density at radius 1 is 1.33 bits per heavy atom. The highest BCUT2D eigenvalue weighted by molar-refractivity contribution is 4.90. The van der Waals surface area contributed by atoms with Crippen LogP contribution in [0, 0.1) is 5.92 Å². The first-order valence-electron chi connectivity index (χ1n) is 4.92. The second-order valence-electron chi connectivity index (χ2n) is 3.90. The number of rotatable bonds is 3. The van der Waals surface area contributed by atoms with Crippen LogP contribution in [0.25, 0.3) is 0 Å². The van der Waals surface area contributed by atoms with E-state index in [-0.39, 0.29) is 0 Å². The number of hydrogen-bond acceptors (Lipinski definition) is 3. The van der Waals surface area contributed by atoms with E-state index in [1.807, 2.05) is 0 Å². The lowest BCUT2D eigenvalue weighted by molar-refractivity contribution is 0.0367. The number of morpholine rings is 1. The van der Waals surface area contributed by atoms with Crippen molar-refractivity contribution in [2.45, 2.75) is 18.9 Å². The monoisotopic (exact) mass is 170 g/mol. The third kappa shape index (κ3) is 2.19. The third-order valence-electron chi connectivity index (χ3n) is 2.90. The highest BCUT2D eigenvalue weighted by Crippen LogP contribution is 2.31. The molecule has 0 spiro atoms. The van der Waals surface area contributed by atoms with E-state index in [1.165, 1.54) is 19.4 Å². The molecule has 3 nitrogen and oxygen atoms in total. The van der Waals surface area contributed by atoms with E-state index in [1.54, 1.807) is 0 Å². The molecule has 2 atom stereocenters. The van der Waals surface area contributed by atoms with Crippen LogP contribution in [0.1, 0.15) is 12.8 Å². The molecular formula is C9H18N2O. The summed E-state index contributed by atoms with van der Waals surface area (Å²) in [6.45, 7) is 5.28. The fourth-order valence-electron chi connectivity index (χ4n) is 1.78. The van der Waals surface area contributed by atoms with Crippen molar-refractivity contribution >= 4 is 0 Å². The fraction of sp³-hybridized carbons (Fsp3) is 1.00. The molecular weight excluding hydrogens is 152 g/mol. The van der Waals surface area contributed by atoms with E-state index in [4.69, 9.17) is 10.5 Å². The first-order valence-corrected chi connectivity index (χ1v) is 4.92. The molecule has 1 aliphatic heterocycles. The molecule has 0 aromatic carbocycles. The molecule has 2 aliphatic rings. The van der Waals surface area contributed by atoms with Gasteiger partial charge in [-0.1, -0.05) is 0 Å². The van der Waals surface area contributed by atoms with Crippen molar-refractivity contribution in [2.24, 2.45) is 11.7 Å². The minimum absolute atomic E-state index is 0.519. The minimum atomic E-state index is 0.519. The zero-order valence-electron chi connectivity index (χ0n) is 7.54. The van der Waals surface area contributed by atoms with Crippen LogP contribution in [0.4, 0.5) is 0 Å². The fourth-order valence-corrected chi connectivity index (χ4v) is 1.78. The first kappa shape index (κ1) is 8.48. The van der Waals surface area contributed by atoms with Crippen LogP contribution in [-0.4, -0.2) is 43.8 Å². The van der Waals surface area contributed by atoms with Gasteiger partial charge in [-0.2, -0.15) is 0 Å². The third-order valence-corrected chi connectivity index (χ3v) is 2.90. The predicted molar refractivity (Wildman–Crippen MR) is 48.0 cm³/mol. The predicted octanol–water partition coefficient (Wildman–Crippen LogP) is 0.0559. The molecule has 70 valence electrons. The Hall–Kier alpha value is -0.120. The van der Waals surface area contributed by atoms with Crippen LogP contribution < -0.4 is 5.73 Å². The van der Waals surface area contributed by atoms with Gasteiger partial charge in [-0.3, -0.25) is 4.90 Å². The van der Waals surface area contributed by atoms with Gasteiger partial charge in [-0.25, -0.2) is 0 Å². The van der Waals surface area contributed by atoms with E-state index in [0.717, 1.165) is 32.2 Å². The van der Waals surface area contributed by atoms with E-state index < -0.39 is 0 Å². The average Bonchev–Trinajstić information content (AvgIpc) is 2.81. The highest BCUT2D eigenvalue weighted by Gasteiger charge is 2.32. The molecule has 3 heteroatoms. The number of ether oxygens (including phenoxy) is 1. The molecule has 2 fully saturated rings. The van der Waals surface area contributed by atoms with Gasteiger partial charge in [-0.15, -0.1) is 0 Å². The molecule has 0 aromatic rings. The summed E-state index contributed by atoms with van der Waals surface area (Å²) < 4.78 is 5.28. The summed E-state index contributed by atoms with van der Waals surface area (Å²) >= 11 is 0. The zero-order chi connectivity index (χ0) is 8.39. The Labute approximate surface area is 73.9 Å². The van der Waals surface area contributed by atoms with E-state index in [9.17, 15) is 0 Å². The molecule has 1 saturated carbocycles. The van der Waals surface area contributed by atoms with E-state index in [0.29, 0.717) is 6.04 Å². The SMILES string of the molecule is NC1CC1CCN1CCOCC1. The summed E-state index contributed by atoms with van der Waals surface area (Å²) in [4.78, 5) is 2.48. The van der Waals surface area contributed by atoms with Crippen molar-refractivity contribution in [3.8, 4) is 0 Å². The number of hydrogen-bond donors (Lipinski definition) is 1. The molecule has 0 bridgehead atoms. The molecule has 2 N–H and O–H groups in total. The molecule has 0 amide bonds. The van der Waals surface area contributed by atoms with Gasteiger partial charge in [0.1, 0.15) is 0 Å². The lowest BCUT2D eigenvalue weighted by atomic mass is 10.2. The Bertz CT molecular complexity index is 145. The van der Waals surface area contributed by atoms with Crippen molar-refractivity contribution < 1.29 is 4.74 Å². The van der Waals surface area contributed by atoms with Gasteiger partial charge in [0.05, 0.1) is 13.2 Å². The summed E-state index contributed by atoms with van der Waals surface area (Å²) in [5, 5.41) is 0. The van der Waals surface area contributed by atoms with Crippen molar-refractivity contribution in [3.63, 3.8) is 0 Å². The lowest BCUT2D eigenvalue weighted by Crippen LogP contribution is -2.37. The maximum Gasteiger partial charge on any atom is 0.0594 e. The van der Waals surface area contributed by atoms with Gasteiger partial charge in [-0.05, 0) is 25.3 Å². The summed E-state index contributed by atoms with van der Waals surface area (Å²) in [7, 11) is 0. The second kappa shape index (κ2) is 3.73. The Morgan fingerprint density at radius 3 is 2.58 bits per heavy atom. The van der Waals surface area contributed by atoms with Gasteiger partial charge in [0.25, 0.3) is 0 Å². The van der Waals surface area contributed by atoms with Crippen LogP contribution in [0.2, 0.25) is 0 Å². The molecule has 1 heterocycles. The highest BCUT2D eigenvalue weighted by atomic mass is 16.5. The van der Waals surface area contributed by atoms with Crippen LogP contribution in [0.3, 0.4) is 0 Å². The molecule has 0 radical (unpaired) electrons. The van der Waals surface area contributed by atoms with Crippen molar-refractivity contribution in [1.82, 2.24) is 4.90 Å². The Balaban J connectivity index is 1.59. The van der Waals surface area contributed by atoms with Crippen molar-refractivity contribution in [2.75, 3.05) is 32.8 Å². The van der Waals surface area contributed by atoms with Crippen LogP contribution in [0.5, 0.6) is 0 Å². The maximum atomic E-state index is 5.74. The van der Waals surface area contributed by atoms with Gasteiger partial charge in [0.15, 0.2) is 0 Å². The zero-order valence-corrected chi connectivity index (χ0v) is 7.54. The largest absolute Gasteiger partial charge is 0.379 e. The van der Waals surface area contributed by atoms with Gasteiger partial charge in [0.2, 0.25) is 0 Å². The lowest BCUT2D eigenvalue weighted by Gasteiger charge is -2.26. The molecule has 2 rings (SSSR count). The average molecular weight is 170 g/mol. The number of nitrogens with two attached hydrogens (primary N) is 1. The first-order chi connectivity index (χ1) is 5.86. The van der Waals surface area contributed by atoms with Gasteiger partial charge >= 0.3 is 0 Å². The Kier molecular flexibility index (Phi) is 2.63. The molecule has 1 aliphatic carbocycles. The quantitative estimate of drug-likeness (QED) is 0.650. The summed E-state index contributed by atoms with van der Waals surface area (Å²) in [5.74, 6) is 0.827. The topological polar surface area (TPSA) is 38.5 Å². The second-order valence-corrected chi connectivity index (χ2v) is 3.90. The summed E-state index contributed by atoms with van der Waals surface area (Å²) in [5.41, 5.74) is 5.74. The van der Waals surface area contributed by atoms with Crippen LogP contribution in [0.15, 0.2) is 0 Å². The summed E-state index contributed by atoms with van der Waals surface area (Å²) in [6, 6.07) is 0.519. The Morgan fingerprint density at radius 2 is 2.00 bits per heavy atom. The van der Waals surface area contributed by atoms with Crippen molar-refractivity contribution in [1.29, 1.82) is 0 Å². The standard InChI is InChI=1S/C9H18N2O/c10-9-7-8(9)1-2-11-3-5-12-6-4-11/h8-9H,1-7,10H2. The van der Waals surface area contributed by atoms with Crippen LogP contribution >= 0.6 is 0 Å². The smallest absolute Gasteiger partial charge is 0.0594 e. The van der Waals surface area contributed by atoms with Crippen molar-refractivity contribution in [3.05, 3.63) is 0 Å². The molecule has 2 unspecified atom stereocenters.